The van der Waals surface area contributed by atoms with E-state index in [1.165, 1.54) is 6.26 Å². The molecular weight excluding hydrogens is 400 g/mol. The van der Waals surface area contributed by atoms with Gasteiger partial charge < -0.3 is 14.7 Å². The number of benzene rings is 2. The van der Waals surface area contributed by atoms with Crippen molar-refractivity contribution in [2.24, 2.45) is 0 Å². The summed E-state index contributed by atoms with van der Waals surface area (Å²) in [6, 6.07) is 16.9. The van der Waals surface area contributed by atoms with Crippen molar-refractivity contribution in [3.05, 3.63) is 72.0 Å². The quantitative estimate of drug-likeness (QED) is 0.534. The number of fused-ring (bicyclic) bond motifs is 2. The second-order valence-corrected chi connectivity index (χ2v) is 9.48. The highest BCUT2D eigenvalue weighted by atomic mass is 32.2. The standard InChI is InChI=1S/C22H20N4O3S/c1-15-6-7-18-17(12-15)19(23-21-8-10-29-25-21)13-22(24-18)26-9-11-30(27,28)20-5-3-2-4-16(20)14-26/h2-8,10,12-13H,9,11,14H2,1H3,(H,23,24,25). The van der Waals surface area contributed by atoms with Crippen LogP contribution in [-0.2, 0) is 16.4 Å². The van der Waals surface area contributed by atoms with Gasteiger partial charge in [0, 0.05) is 30.6 Å². The van der Waals surface area contributed by atoms with Crippen LogP contribution in [0.2, 0.25) is 0 Å². The van der Waals surface area contributed by atoms with Crippen molar-refractivity contribution in [1.29, 1.82) is 0 Å². The van der Waals surface area contributed by atoms with Crippen LogP contribution in [0.3, 0.4) is 0 Å². The summed E-state index contributed by atoms with van der Waals surface area (Å²) < 4.78 is 30.4. The van der Waals surface area contributed by atoms with Crippen LogP contribution in [0.1, 0.15) is 11.1 Å². The van der Waals surface area contributed by atoms with E-state index in [9.17, 15) is 8.42 Å². The Balaban J connectivity index is 1.62. The molecule has 5 rings (SSSR count). The molecule has 152 valence electrons. The summed E-state index contributed by atoms with van der Waals surface area (Å²) in [5, 5.41) is 8.20. The highest BCUT2D eigenvalue weighted by Gasteiger charge is 2.26. The minimum atomic E-state index is -3.33. The lowest BCUT2D eigenvalue weighted by Crippen LogP contribution is -2.26. The summed E-state index contributed by atoms with van der Waals surface area (Å²) in [6.07, 6.45) is 1.51. The smallest absolute Gasteiger partial charge is 0.180 e. The lowest BCUT2D eigenvalue weighted by Gasteiger charge is -2.23. The molecule has 1 aliphatic heterocycles. The van der Waals surface area contributed by atoms with Gasteiger partial charge in [-0.1, -0.05) is 35.0 Å². The molecule has 0 spiro atoms. The van der Waals surface area contributed by atoms with E-state index >= 15 is 0 Å². The summed E-state index contributed by atoms with van der Waals surface area (Å²) in [7, 11) is -3.33. The van der Waals surface area contributed by atoms with Crippen molar-refractivity contribution < 1.29 is 12.9 Å². The molecule has 2 aromatic carbocycles. The molecule has 0 saturated heterocycles. The molecule has 4 aromatic rings. The molecule has 0 atom stereocenters. The van der Waals surface area contributed by atoms with Crippen LogP contribution in [0, 0.1) is 6.92 Å². The van der Waals surface area contributed by atoms with E-state index in [1.54, 1.807) is 18.2 Å². The molecule has 0 saturated carbocycles. The van der Waals surface area contributed by atoms with Crippen LogP contribution < -0.4 is 10.2 Å². The number of aryl methyl sites for hydroxylation is 1. The number of aromatic nitrogens is 2. The summed E-state index contributed by atoms with van der Waals surface area (Å²) >= 11 is 0. The normalized spacial score (nSPS) is 15.6. The van der Waals surface area contributed by atoms with E-state index in [2.05, 4.69) is 16.5 Å². The van der Waals surface area contributed by atoms with Gasteiger partial charge in [-0.3, -0.25) is 0 Å². The monoisotopic (exact) mass is 420 g/mol. The Bertz CT molecular complexity index is 1330. The third-order valence-electron chi connectivity index (χ3n) is 5.27. The van der Waals surface area contributed by atoms with Gasteiger partial charge in [0.25, 0.3) is 0 Å². The zero-order valence-electron chi connectivity index (χ0n) is 16.4. The van der Waals surface area contributed by atoms with Crippen molar-refractivity contribution in [1.82, 2.24) is 10.1 Å². The Kier molecular flexibility index (Phi) is 4.43. The van der Waals surface area contributed by atoms with Crippen molar-refractivity contribution >= 4 is 38.1 Å². The second kappa shape index (κ2) is 7.14. The first kappa shape index (κ1) is 18.6. The molecule has 0 unspecified atom stereocenters. The van der Waals surface area contributed by atoms with Gasteiger partial charge in [0.2, 0.25) is 0 Å². The lowest BCUT2D eigenvalue weighted by atomic mass is 10.1. The number of hydrogen-bond donors (Lipinski definition) is 1. The maximum atomic E-state index is 12.7. The topological polar surface area (TPSA) is 88.3 Å². The molecule has 0 amide bonds. The fourth-order valence-corrected chi connectivity index (χ4v) is 5.26. The minimum Gasteiger partial charge on any atom is -0.363 e. The first-order valence-corrected chi connectivity index (χ1v) is 11.3. The minimum absolute atomic E-state index is 0.0453. The predicted molar refractivity (Wildman–Crippen MR) is 116 cm³/mol. The molecule has 7 nitrogen and oxygen atoms in total. The van der Waals surface area contributed by atoms with Crippen molar-refractivity contribution in [3.63, 3.8) is 0 Å². The van der Waals surface area contributed by atoms with Gasteiger partial charge >= 0.3 is 0 Å². The molecule has 0 aliphatic carbocycles. The Morgan fingerprint density at radius 3 is 2.80 bits per heavy atom. The lowest BCUT2D eigenvalue weighted by molar-refractivity contribution is 0.423. The molecular formula is C22H20N4O3S. The Morgan fingerprint density at radius 2 is 1.97 bits per heavy atom. The summed E-state index contributed by atoms with van der Waals surface area (Å²) in [5.41, 5.74) is 3.57. The number of sulfone groups is 1. The van der Waals surface area contributed by atoms with Crippen LogP contribution in [0.25, 0.3) is 10.9 Å². The van der Waals surface area contributed by atoms with Gasteiger partial charge in [0.05, 0.1) is 21.9 Å². The molecule has 0 fully saturated rings. The van der Waals surface area contributed by atoms with E-state index in [-0.39, 0.29) is 5.75 Å². The molecule has 1 N–H and O–H groups in total. The third-order valence-corrected chi connectivity index (χ3v) is 7.06. The van der Waals surface area contributed by atoms with E-state index < -0.39 is 9.84 Å². The number of anilines is 3. The van der Waals surface area contributed by atoms with E-state index in [1.807, 2.05) is 42.2 Å². The van der Waals surface area contributed by atoms with Crippen molar-refractivity contribution in [2.75, 3.05) is 22.5 Å². The number of pyridine rings is 1. The van der Waals surface area contributed by atoms with E-state index in [4.69, 9.17) is 9.51 Å². The molecule has 0 radical (unpaired) electrons. The average Bonchev–Trinajstić information content (AvgIpc) is 3.20. The first-order chi connectivity index (χ1) is 14.5. The van der Waals surface area contributed by atoms with Crippen LogP contribution in [0.4, 0.5) is 17.3 Å². The first-order valence-electron chi connectivity index (χ1n) is 9.64. The average molecular weight is 420 g/mol. The van der Waals surface area contributed by atoms with Gasteiger partial charge in [-0.05, 0) is 30.7 Å². The highest BCUT2D eigenvalue weighted by Crippen LogP contribution is 2.32. The SMILES string of the molecule is Cc1ccc2nc(N3CCS(=O)(=O)c4ccccc4C3)cc(Nc3ccon3)c2c1. The van der Waals surface area contributed by atoms with E-state index in [0.717, 1.165) is 27.7 Å². The third kappa shape index (κ3) is 3.39. The second-order valence-electron chi connectivity index (χ2n) is 7.41. The van der Waals surface area contributed by atoms with Gasteiger partial charge in [0.1, 0.15) is 12.1 Å². The van der Waals surface area contributed by atoms with Crippen molar-refractivity contribution in [2.45, 2.75) is 18.4 Å². The van der Waals surface area contributed by atoms with Crippen molar-refractivity contribution in [3.8, 4) is 0 Å². The number of hydrogen-bond acceptors (Lipinski definition) is 7. The van der Waals surface area contributed by atoms with Gasteiger partial charge in [0.15, 0.2) is 15.7 Å². The molecule has 0 bridgehead atoms. The zero-order valence-corrected chi connectivity index (χ0v) is 17.2. The number of nitrogens with zero attached hydrogens (tertiary/aromatic N) is 3. The largest absolute Gasteiger partial charge is 0.363 e. The highest BCUT2D eigenvalue weighted by molar-refractivity contribution is 7.91. The summed E-state index contributed by atoms with van der Waals surface area (Å²) in [4.78, 5) is 7.26. The fraction of sp³-hybridized carbons (Fsp3) is 0.182. The summed E-state index contributed by atoms with van der Waals surface area (Å²) in [6.45, 7) is 2.87. The Morgan fingerprint density at radius 1 is 1.10 bits per heavy atom. The van der Waals surface area contributed by atoms with Gasteiger partial charge in [-0.2, -0.15) is 0 Å². The predicted octanol–water partition coefficient (Wildman–Crippen LogP) is 4.07. The van der Waals surface area contributed by atoms with Gasteiger partial charge in [-0.25, -0.2) is 13.4 Å². The molecule has 2 aromatic heterocycles. The maximum absolute atomic E-state index is 12.7. The molecule has 30 heavy (non-hydrogen) atoms. The van der Waals surface area contributed by atoms with Crippen LogP contribution in [0.5, 0.6) is 0 Å². The number of nitrogens with one attached hydrogen (secondary N) is 1. The number of rotatable bonds is 3. The molecule has 8 heteroatoms. The Labute approximate surface area is 174 Å². The van der Waals surface area contributed by atoms with Crippen LogP contribution >= 0.6 is 0 Å². The Hall–Kier alpha value is -3.39. The molecule has 3 heterocycles. The van der Waals surface area contributed by atoms with E-state index in [0.29, 0.717) is 29.6 Å². The maximum Gasteiger partial charge on any atom is 0.180 e. The van der Waals surface area contributed by atoms with Crippen LogP contribution in [-0.4, -0.2) is 30.9 Å². The summed E-state index contributed by atoms with van der Waals surface area (Å²) in [5.74, 6) is 1.35. The van der Waals surface area contributed by atoms with Gasteiger partial charge in [-0.15, -0.1) is 0 Å². The fourth-order valence-electron chi connectivity index (χ4n) is 3.76. The zero-order chi connectivity index (χ0) is 20.7. The van der Waals surface area contributed by atoms with Crippen LogP contribution in [0.15, 0.2) is 70.3 Å². The molecule has 1 aliphatic rings.